The third-order valence-corrected chi connectivity index (χ3v) is 3.98. The van der Waals surface area contributed by atoms with Crippen LogP contribution in [0.4, 0.5) is 0 Å². The molecule has 0 aliphatic carbocycles. The van der Waals surface area contributed by atoms with E-state index in [0.29, 0.717) is 12.1 Å². The summed E-state index contributed by atoms with van der Waals surface area (Å²) in [7, 11) is 0. The number of nitrogens with zero attached hydrogens (tertiary/aromatic N) is 2. The molecule has 1 aliphatic heterocycles. The number of nitrogens with one attached hydrogen (secondary N) is 2. The highest BCUT2D eigenvalue weighted by Crippen LogP contribution is 2.14. The Labute approximate surface area is 137 Å². The SMILES string of the molecule is CC1=NC[C@H](C)NC(C)(C)CC(C)=N[C@@H](C)CNC(C)(C)C1. The number of rotatable bonds is 0. The van der Waals surface area contributed by atoms with E-state index in [4.69, 9.17) is 9.98 Å². The van der Waals surface area contributed by atoms with E-state index in [1.54, 1.807) is 0 Å². The van der Waals surface area contributed by atoms with Gasteiger partial charge in [-0.3, -0.25) is 9.98 Å². The van der Waals surface area contributed by atoms with Gasteiger partial charge < -0.3 is 10.6 Å². The zero-order chi connectivity index (χ0) is 17.0. The fourth-order valence-corrected chi connectivity index (χ4v) is 3.35. The second-order valence-electron chi connectivity index (χ2n) is 8.34. The topological polar surface area (TPSA) is 48.8 Å². The van der Waals surface area contributed by atoms with Crippen LogP contribution in [0.1, 0.15) is 68.2 Å². The van der Waals surface area contributed by atoms with Crippen molar-refractivity contribution in [2.24, 2.45) is 9.98 Å². The van der Waals surface area contributed by atoms with Gasteiger partial charge in [0.05, 0.1) is 12.6 Å². The number of aliphatic imine (C=N–C) groups is 2. The Bertz CT molecular complexity index is 421. The molecule has 0 unspecified atom stereocenters. The molecule has 0 spiro atoms. The first-order valence-corrected chi connectivity index (χ1v) is 8.55. The summed E-state index contributed by atoms with van der Waals surface area (Å²) < 4.78 is 0. The van der Waals surface area contributed by atoms with Crippen molar-refractivity contribution in [1.82, 2.24) is 10.6 Å². The van der Waals surface area contributed by atoms with Crippen molar-refractivity contribution in [2.75, 3.05) is 13.1 Å². The summed E-state index contributed by atoms with van der Waals surface area (Å²) in [5.74, 6) is 0. The molecule has 4 heteroatoms. The second-order valence-corrected chi connectivity index (χ2v) is 8.34. The van der Waals surface area contributed by atoms with E-state index in [-0.39, 0.29) is 11.1 Å². The van der Waals surface area contributed by atoms with Crippen molar-refractivity contribution in [3.63, 3.8) is 0 Å². The smallest absolute Gasteiger partial charge is 0.0595 e. The first kappa shape index (κ1) is 19.3. The van der Waals surface area contributed by atoms with E-state index in [1.165, 1.54) is 11.4 Å². The standard InChI is InChI=1S/C18H36N4/c1-13-9-17(5,6)20-12-15(3)21-14(2)10-18(7,8)22-16(4)11-19-13/h15-16,20,22H,9-12H2,1-8H3/t15-,16-/m0/s1. The average Bonchev–Trinajstić information content (AvgIpc) is 2.31. The Morgan fingerprint density at radius 3 is 2.18 bits per heavy atom. The Morgan fingerprint density at radius 2 is 1.55 bits per heavy atom. The summed E-state index contributed by atoms with van der Waals surface area (Å²) in [6.45, 7) is 19.4. The maximum Gasteiger partial charge on any atom is 0.0595 e. The lowest BCUT2D eigenvalue weighted by atomic mass is 9.95. The quantitative estimate of drug-likeness (QED) is 0.722. The molecule has 1 heterocycles. The van der Waals surface area contributed by atoms with E-state index in [1.807, 2.05) is 0 Å². The van der Waals surface area contributed by atoms with Gasteiger partial charge in [-0.25, -0.2) is 0 Å². The summed E-state index contributed by atoms with van der Waals surface area (Å²) in [5, 5.41) is 7.34. The minimum atomic E-state index is 0.0486. The van der Waals surface area contributed by atoms with E-state index < -0.39 is 0 Å². The lowest BCUT2D eigenvalue weighted by molar-refractivity contribution is 0.353. The molecule has 0 fully saturated rings. The minimum absolute atomic E-state index is 0.0486. The van der Waals surface area contributed by atoms with E-state index >= 15 is 0 Å². The van der Waals surface area contributed by atoms with Gasteiger partial charge in [0, 0.05) is 47.9 Å². The van der Waals surface area contributed by atoms with Crippen molar-refractivity contribution >= 4 is 11.4 Å². The fourth-order valence-electron chi connectivity index (χ4n) is 3.35. The number of hydrogen-bond acceptors (Lipinski definition) is 4. The predicted octanol–water partition coefficient (Wildman–Crippen LogP) is 3.22. The summed E-state index contributed by atoms with van der Waals surface area (Å²) >= 11 is 0. The van der Waals surface area contributed by atoms with Crippen LogP contribution in [0.5, 0.6) is 0 Å². The second kappa shape index (κ2) is 7.69. The average molecular weight is 309 g/mol. The van der Waals surface area contributed by atoms with Crippen molar-refractivity contribution in [3.8, 4) is 0 Å². The summed E-state index contributed by atoms with van der Waals surface area (Å²) in [6.07, 6.45) is 1.94. The van der Waals surface area contributed by atoms with Gasteiger partial charge in [0.1, 0.15) is 0 Å². The van der Waals surface area contributed by atoms with Crippen LogP contribution in [-0.4, -0.2) is 47.7 Å². The first-order chi connectivity index (χ1) is 9.99. The van der Waals surface area contributed by atoms with Crippen molar-refractivity contribution in [1.29, 1.82) is 0 Å². The number of hydrogen-bond donors (Lipinski definition) is 2. The molecule has 128 valence electrons. The predicted molar refractivity (Wildman–Crippen MR) is 98.5 cm³/mol. The fraction of sp³-hybridized carbons (Fsp3) is 0.889. The van der Waals surface area contributed by atoms with Gasteiger partial charge >= 0.3 is 0 Å². The maximum atomic E-state index is 4.85. The molecule has 0 aromatic heterocycles. The molecule has 0 aromatic carbocycles. The molecular weight excluding hydrogens is 272 g/mol. The molecule has 1 aliphatic rings. The van der Waals surface area contributed by atoms with E-state index in [9.17, 15) is 0 Å². The highest BCUT2D eigenvalue weighted by atomic mass is 15.0. The van der Waals surface area contributed by atoms with Crippen LogP contribution in [0.15, 0.2) is 9.98 Å². The third kappa shape index (κ3) is 7.50. The Morgan fingerprint density at radius 1 is 0.955 bits per heavy atom. The largest absolute Gasteiger partial charge is 0.309 e. The molecular formula is C18H36N4. The lowest BCUT2D eigenvalue weighted by Gasteiger charge is -2.31. The molecule has 0 radical (unpaired) electrons. The van der Waals surface area contributed by atoms with Crippen molar-refractivity contribution < 1.29 is 0 Å². The van der Waals surface area contributed by atoms with Crippen LogP contribution in [0.2, 0.25) is 0 Å². The van der Waals surface area contributed by atoms with Crippen LogP contribution < -0.4 is 10.6 Å². The van der Waals surface area contributed by atoms with Crippen LogP contribution in [0, 0.1) is 0 Å². The normalized spacial score (nSPS) is 30.9. The van der Waals surface area contributed by atoms with Gasteiger partial charge in [-0.15, -0.1) is 0 Å². The zero-order valence-electron chi connectivity index (χ0n) is 15.9. The summed E-state index contributed by atoms with van der Waals surface area (Å²) in [5.41, 5.74) is 2.54. The summed E-state index contributed by atoms with van der Waals surface area (Å²) in [4.78, 5) is 9.63. The zero-order valence-corrected chi connectivity index (χ0v) is 15.9. The van der Waals surface area contributed by atoms with E-state index in [0.717, 1.165) is 25.9 Å². The molecule has 2 atom stereocenters. The molecule has 2 N–H and O–H groups in total. The maximum absolute atomic E-state index is 4.85. The molecule has 0 saturated heterocycles. The molecule has 0 amide bonds. The van der Waals surface area contributed by atoms with Crippen molar-refractivity contribution in [2.45, 2.75) is 91.4 Å². The van der Waals surface area contributed by atoms with Gasteiger partial charge in [0.25, 0.3) is 0 Å². The molecule has 4 nitrogen and oxygen atoms in total. The van der Waals surface area contributed by atoms with Crippen LogP contribution in [-0.2, 0) is 0 Å². The minimum Gasteiger partial charge on any atom is -0.309 e. The molecule has 1 rings (SSSR count). The van der Waals surface area contributed by atoms with Gasteiger partial charge in [-0.1, -0.05) is 0 Å². The lowest BCUT2D eigenvalue weighted by Crippen LogP contribution is -2.48. The Hall–Kier alpha value is -0.740. The van der Waals surface area contributed by atoms with E-state index in [2.05, 4.69) is 66.0 Å². The molecule has 22 heavy (non-hydrogen) atoms. The van der Waals surface area contributed by atoms with Gasteiger partial charge in [0.15, 0.2) is 0 Å². The first-order valence-electron chi connectivity index (χ1n) is 8.55. The highest BCUT2D eigenvalue weighted by Gasteiger charge is 2.23. The summed E-state index contributed by atoms with van der Waals surface area (Å²) in [6, 6.07) is 0.668. The monoisotopic (exact) mass is 308 g/mol. The van der Waals surface area contributed by atoms with Crippen molar-refractivity contribution in [3.05, 3.63) is 0 Å². The Balaban J connectivity index is 2.93. The van der Waals surface area contributed by atoms with Crippen LogP contribution in [0.25, 0.3) is 0 Å². The van der Waals surface area contributed by atoms with Gasteiger partial charge in [0.2, 0.25) is 0 Å². The molecule has 0 bridgehead atoms. The molecule has 0 aromatic rings. The third-order valence-electron chi connectivity index (χ3n) is 3.98. The Kier molecular flexibility index (Phi) is 6.75. The highest BCUT2D eigenvalue weighted by molar-refractivity contribution is 5.83. The van der Waals surface area contributed by atoms with Gasteiger partial charge in [-0.2, -0.15) is 0 Å². The molecule has 0 saturated carbocycles. The van der Waals surface area contributed by atoms with Gasteiger partial charge in [-0.05, 0) is 55.4 Å². The van der Waals surface area contributed by atoms with Crippen LogP contribution >= 0.6 is 0 Å². The van der Waals surface area contributed by atoms with Crippen LogP contribution in [0.3, 0.4) is 0 Å².